The minimum absolute atomic E-state index is 0.00882. The van der Waals surface area contributed by atoms with E-state index in [0.29, 0.717) is 24.7 Å². The lowest BCUT2D eigenvalue weighted by molar-refractivity contribution is -0.117. The molecule has 0 saturated carbocycles. The fraction of sp³-hybridized carbons (Fsp3) is 0.556. The number of aromatic nitrogens is 3. The van der Waals surface area contributed by atoms with E-state index in [1.807, 2.05) is 0 Å². The summed E-state index contributed by atoms with van der Waals surface area (Å²) in [4.78, 5) is 25.5. The molecule has 0 spiro atoms. The van der Waals surface area contributed by atoms with E-state index in [0.717, 1.165) is 0 Å². The van der Waals surface area contributed by atoms with E-state index in [9.17, 15) is 4.79 Å². The molecule has 1 fully saturated rings. The average Bonchev–Trinajstić information content (AvgIpc) is 2.57. The van der Waals surface area contributed by atoms with Crippen molar-refractivity contribution in [1.29, 1.82) is 0 Å². The van der Waals surface area contributed by atoms with Crippen LogP contribution >= 0.6 is 15.9 Å². The first kappa shape index (κ1) is 11.3. The van der Waals surface area contributed by atoms with Crippen LogP contribution in [0.15, 0.2) is 0 Å². The topological polar surface area (TPSA) is 68.2 Å². The summed E-state index contributed by atoms with van der Waals surface area (Å²) < 4.78 is 4.95. The predicted octanol–water partition coefficient (Wildman–Crippen LogP) is 0.689. The molecule has 6 nitrogen and oxygen atoms in total. The highest BCUT2D eigenvalue weighted by molar-refractivity contribution is 9.09. The van der Waals surface area contributed by atoms with Gasteiger partial charge in [-0.1, -0.05) is 15.9 Å². The van der Waals surface area contributed by atoms with Crippen LogP contribution in [-0.4, -0.2) is 39.3 Å². The third kappa shape index (κ3) is 2.13. The summed E-state index contributed by atoms with van der Waals surface area (Å²) in [5, 5.41) is 0. The molecule has 2 rings (SSSR count). The lowest BCUT2D eigenvalue weighted by atomic mass is 10.4. The maximum atomic E-state index is 11.7. The molecular weight excluding hydrogens is 276 g/mol. The quantitative estimate of drug-likeness (QED) is 0.749. The van der Waals surface area contributed by atoms with Crippen LogP contribution in [-0.2, 0) is 4.79 Å². The highest BCUT2D eigenvalue weighted by Crippen LogP contribution is 2.23. The standard InChI is InChI=1S/C9H11BrN4O2/c1-5-11-8(13-9(12-5)16-2)14-4-6(10)3-7(14)15/h6H,3-4H2,1-2H3. The van der Waals surface area contributed by atoms with Crippen molar-refractivity contribution in [3.63, 3.8) is 0 Å². The van der Waals surface area contributed by atoms with E-state index in [1.165, 1.54) is 12.0 Å². The Morgan fingerprint density at radius 1 is 1.44 bits per heavy atom. The third-order valence-electron chi connectivity index (χ3n) is 2.22. The summed E-state index contributed by atoms with van der Waals surface area (Å²) in [6.45, 7) is 2.31. The SMILES string of the molecule is COc1nc(C)nc(N2CC(Br)CC2=O)n1. The van der Waals surface area contributed by atoms with Crippen LogP contribution in [0.1, 0.15) is 12.2 Å². The van der Waals surface area contributed by atoms with E-state index >= 15 is 0 Å². The van der Waals surface area contributed by atoms with Gasteiger partial charge in [0.05, 0.1) is 7.11 Å². The molecule has 0 radical (unpaired) electrons. The Bertz CT molecular complexity index is 426. The zero-order valence-electron chi connectivity index (χ0n) is 8.97. The molecule has 1 unspecified atom stereocenters. The van der Waals surface area contributed by atoms with Crippen molar-refractivity contribution in [2.24, 2.45) is 0 Å². The first-order valence-electron chi connectivity index (χ1n) is 4.81. The molecule has 7 heteroatoms. The number of anilines is 1. The molecule has 1 aliphatic rings. The van der Waals surface area contributed by atoms with Crippen LogP contribution in [0, 0.1) is 6.92 Å². The Morgan fingerprint density at radius 2 is 2.19 bits per heavy atom. The van der Waals surface area contributed by atoms with Gasteiger partial charge in [0, 0.05) is 17.8 Å². The zero-order valence-corrected chi connectivity index (χ0v) is 10.6. The number of amides is 1. The Balaban J connectivity index is 2.33. The van der Waals surface area contributed by atoms with Gasteiger partial charge in [0.15, 0.2) is 0 Å². The summed E-state index contributed by atoms with van der Waals surface area (Å²) in [6, 6.07) is 0.230. The first-order chi connectivity index (χ1) is 7.60. The van der Waals surface area contributed by atoms with Crippen LogP contribution < -0.4 is 9.64 Å². The fourth-order valence-electron chi connectivity index (χ4n) is 1.51. The average molecular weight is 287 g/mol. The lowest BCUT2D eigenvalue weighted by Gasteiger charge is -2.13. The van der Waals surface area contributed by atoms with Gasteiger partial charge >= 0.3 is 6.01 Å². The number of aryl methyl sites for hydroxylation is 1. The molecule has 1 aromatic rings. The Morgan fingerprint density at radius 3 is 2.75 bits per heavy atom. The molecular formula is C9H11BrN4O2. The summed E-state index contributed by atoms with van der Waals surface area (Å²) in [5.74, 6) is 0.901. The van der Waals surface area contributed by atoms with Gasteiger partial charge in [-0.15, -0.1) is 0 Å². The van der Waals surface area contributed by atoms with E-state index in [-0.39, 0.29) is 16.7 Å². The third-order valence-corrected chi connectivity index (χ3v) is 2.83. The van der Waals surface area contributed by atoms with Gasteiger partial charge in [-0.05, 0) is 6.92 Å². The molecule has 1 amide bonds. The monoisotopic (exact) mass is 286 g/mol. The molecule has 0 bridgehead atoms. The zero-order chi connectivity index (χ0) is 11.7. The maximum absolute atomic E-state index is 11.7. The number of ether oxygens (including phenoxy) is 1. The molecule has 16 heavy (non-hydrogen) atoms. The number of hydrogen-bond acceptors (Lipinski definition) is 5. The van der Waals surface area contributed by atoms with Crippen LogP contribution in [0.2, 0.25) is 0 Å². The number of nitrogens with zero attached hydrogens (tertiary/aromatic N) is 4. The number of carbonyl (C=O) groups excluding carboxylic acids is 1. The maximum Gasteiger partial charge on any atom is 0.321 e. The van der Waals surface area contributed by atoms with Crippen molar-refractivity contribution in [3.8, 4) is 6.01 Å². The predicted molar refractivity (Wildman–Crippen MR) is 60.8 cm³/mol. The second-order valence-electron chi connectivity index (χ2n) is 3.48. The van der Waals surface area contributed by atoms with Crippen LogP contribution in [0.4, 0.5) is 5.95 Å². The van der Waals surface area contributed by atoms with Crippen molar-refractivity contribution in [1.82, 2.24) is 15.0 Å². The summed E-state index contributed by atoms with van der Waals surface area (Å²) in [5.41, 5.74) is 0. The molecule has 0 N–H and O–H groups in total. The van der Waals surface area contributed by atoms with E-state index in [2.05, 4.69) is 30.9 Å². The minimum atomic E-state index is 0.00882. The molecule has 1 atom stereocenters. The summed E-state index contributed by atoms with van der Waals surface area (Å²) in [6.07, 6.45) is 0.465. The second kappa shape index (κ2) is 4.32. The number of carbonyl (C=O) groups is 1. The summed E-state index contributed by atoms with van der Waals surface area (Å²) in [7, 11) is 1.48. The molecule has 2 heterocycles. The van der Waals surface area contributed by atoms with Gasteiger partial charge < -0.3 is 4.74 Å². The van der Waals surface area contributed by atoms with E-state index < -0.39 is 0 Å². The van der Waals surface area contributed by atoms with Gasteiger partial charge in [-0.2, -0.15) is 15.0 Å². The largest absolute Gasteiger partial charge is 0.467 e. The van der Waals surface area contributed by atoms with Crippen molar-refractivity contribution in [3.05, 3.63) is 5.82 Å². The van der Waals surface area contributed by atoms with Gasteiger partial charge in [0.1, 0.15) is 5.82 Å². The van der Waals surface area contributed by atoms with E-state index in [4.69, 9.17) is 4.74 Å². The Labute approximate surface area is 101 Å². The molecule has 1 saturated heterocycles. The van der Waals surface area contributed by atoms with Gasteiger partial charge in [0.25, 0.3) is 0 Å². The first-order valence-corrected chi connectivity index (χ1v) is 5.73. The number of rotatable bonds is 2. The van der Waals surface area contributed by atoms with Crippen molar-refractivity contribution < 1.29 is 9.53 Å². The van der Waals surface area contributed by atoms with Gasteiger partial charge in [-0.3, -0.25) is 9.69 Å². The number of methoxy groups -OCH3 is 1. The summed E-state index contributed by atoms with van der Waals surface area (Å²) >= 11 is 3.41. The van der Waals surface area contributed by atoms with E-state index in [1.54, 1.807) is 6.92 Å². The van der Waals surface area contributed by atoms with Gasteiger partial charge in [-0.25, -0.2) is 0 Å². The molecule has 1 aliphatic heterocycles. The number of alkyl halides is 1. The highest BCUT2D eigenvalue weighted by Gasteiger charge is 2.31. The molecule has 86 valence electrons. The normalized spacial score (nSPS) is 20.3. The van der Waals surface area contributed by atoms with Crippen LogP contribution in [0.5, 0.6) is 6.01 Å². The fourth-order valence-corrected chi connectivity index (χ4v) is 2.08. The van der Waals surface area contributed by atoms with Crippen LogP contribution in [0.25, 0.3) is 0 Å². The number of hydrogen-bond donors (Lipinski definition) is 0. The minimum Gasteiger partial charge on any atom is -0.467 e. The lowest BCUT2D eigenvalue weighted by Crippen LogP contribution is -2.27. The Kier molecular flexibility index (Phi) is 3.04. The van der Waals surface area contributed by atoms with Crippen LogP contribution in [0.3, 0.4) is 0 Å². The molecule has 1 aromatic heterocycles. The Hall–Kier alpha value is -1.24. The van der Waals surface area contributed by atoms with Crippen molar-refractivity contribution >= 4 is 27.8 Å². The van der Waals surface area contributed by atoms with Gasteiger partial charge in [0.2, 0.25) is 11.9 Å². The second-order valence-corrected chi connectivity index (χ2v) is 4.77. The highest BCUT2D eigenvalue weighted by atomic mass is 79.9. The smallest absolute Gasteiger partial charge is 0.321 e. The molecule has 0 aliphatic carbocycles. The number of halogens is 1. The molecule has 0 aromatic carbocycles. The van der Waals surface area contributed by atoms with Crippen molar-refractivity contribution in [2.75, 3.05) is 18.6 Å². The van der Waals surface area contributed by atoms with Crippen molar-refractivity contribution in [2.45, 2.75) is 18.2 Å².